The molecule has 0 saturated carbocycles. The van der Waals surface area contributed by atoms with Crippen molar-refractivity contribution < 1.29 is 13.9 Å². The number of amides is 1. The van der Waals surface area contributed by atoms with Crippen LogP contribution in [0.15, 0.2) is 59.0 Å². The third-order valence-electron chi connectivity index (χ3n) is 4.12. The van der Waals surface area contributed by atoms with E-state index in [2.05, 4.69) is 10.3 Å². The maximum Gasteiger partial charge on any atom is 0.220 e. The van der Waals surface area contributed by atoms with Crippen molar-refractivity contribution in [1.82, 2.24) is 10.3 Å². The smallest absolute Gasteiger partial charge is 0.220 e. The van der Waals surface area contributed by atoms with Crippen LogP contribution in [-0.4, -0.2) is 18.0 Å². The lowest BCUT2D eigenvalue weighted by Gasteiger charge is -2.04. The van der Waals surface area contributed by atoms with Crippen molar-refractivity contribution in [2.75, 3.05) is 7.11 Å². The predicted octanol–water partition coefficient (Wildman–Crippen LogP) is 3.91. The first kappa shape index (κ1) is 17.7. The molecule has 0 atom stereocenters. The molecule has 1 aromatic heterocycles. The number of rotatable bonds is 7. The van der Waals surface area contributed by atoms with Crippen molar-refractivity contribution in [2.45, 2.75) is 26.3 Å². The number of benzene rings is 2. The van der Waals surface area contributed by atoms with Gasteiger partial charge < -0.3 is 14.5 Å². The molecule has 0 aliphatic heterocycles. The van der Waals surface area contributed by atoms with Crippen LogP contribution in [0.5, 0.6) is 5.75 Å². The second kappa shape index (κ2) is 8.34. The Hall–Kier alpha value is -3.08. The zero-order chi connectivity index (χ0) is 18.4. The summed E-state index contributed by atoms with van der Waals surface area (Å²) < 4.78 is 10.8. The number of hydrogen-bond donors (Lipinski definition) is 1. The van der Waals surface area contributed by atoms with Crippen molar-refractivity contribution in [2.24, 2.45) is 0 Å². The van der Waals surface area contributed by atoms with E-state index in [9.17, 15) is 4.79 Å². The summed E-state index contributed by atoms with van der Waals surface area (Å²) in [5.74, 6) is 2.04. The standard InChI is InChI=1S/C21H22N2O3/c1-15-21(17-6-4-3-5-7-17)23-20(26-15)14-22-19(24)13-10-16-8-11-18(25-2)12-9-16/h3-9,11-12H,10,13-14H2,1-2H3,(H,22,24). The summed E-state index contributed by atoms with van der Waals surface area (Å²) in [5.41, 5.74) is 2.91. The minimum atomic E-state index is -0.0297. The molecule has 0 unspecified atom stereocenters. The highest BCUT2D eigenvalue weighted by molar-refractivity contribution is 5.76. The summed E-state index contributed by atoms with van der Waals surface area (Å²) in [6.45, 7) is 2.17. The summed E-state index contributed by atoms with van der Waals surface area (Å²) >= 11 is 0. The van der Waals surface area contributed by atoms with Gasteiger partial charge >= 0.3 is 0 Å². The number of aryl methyl sites for hydroxylation is 2. The molecule has 5 nitrogen and oxygen atoms in total. The minimum Gasteiger partial charge on any atom is -0.497 e. The fraction of sp³-hybridized carbons (Fsp3) is 0.238. The van der Waals surface area contributed by atoms with Crippen LogP contribution in [-0.2, 0) is 17.8 Å². The van der Waals surface area contributed by atoms with Gasteiger partial charge in [-0.05, 0) is 31.0 Å². The van der Waals surface area contributed by atoms with Gasteiger partial charge in [0.2, 0.25) is 11.8 Å². The van der Waals surface area contributed by atoms with E-state index in [-0.39, 0.29) is 12.5 Å². The first-order valence-corrected chi connectivity index (χ1v) is 8.57. The zero-order valence-corrected chi connectivity index (χ0v) is 15.0. The number of oxazole rings is 1. The van der Waals surface area contributed by atoms with Crippen molar-refractivity contribution in [3.8, 4) is 17.0 Å². The maximum atomic E-state index is 12.1. The Balaban J connectivity index is 1.51. The van der Waals surface area contributed by atoms with E-state index < -0.39 is 0 Å². The molecule has 0 bridgehead atoms. The Morgan fingerprint density at radius 1 is 1.12 bits per heavy atom. The van der Waals surface area contributed by atoms with Crippen LogP contribution in [0.2, 0.25) is 0 Å². The number of carbonyl (C=O) groups is 1. The number of aromatic nitrogens is 1. The van der Waals surface area contributed by atoms with Gasteiger partial charge in [-0.15, -0.1) is 0 Å². The second-order valence-corrected chi connectivity index (χ2v) is 6.00. The molecule has 5 heteroatoms. The van der Waals surface area contributed by atoms with Gasteiger partial charge in [0.1, 0.15) is 17.2 Å². The molecule has 26 heavy (non-hydrogen) atoms. The number of methoxy groups -OCH3 is 1. The van der Waals surface area contributed by atoms with E-state index in [0.29, 0.717) is 18.7 Å². The molecular formula is C21H22N2O3. The van der Waals surface area contributed by atoms with E-state index in [1.54, 1.807) is 7.11 Å². The molecule has 134 valence electrons. The van der Waals surface area contributed by atoms with Gasteiger partial charge in [-0.2, -0.15) is 0 Å². The Labute approximate surface area is 153 Å². The zero-order valence-electron chi connectivity index (χ0n) is 15.0. The number of ether oxygens (including phenoxy) is 1. The largest absolute Gasteiger partial charge is 0.497 e. The molecule has 0 radical (unpaired) electrons. The number of nitrogens with one attached hydrogen (secondary N) is 1. The van der Waals surface area contributed by atoms with Crippen molar-refractivity contribution in [3.05, 3.63) is 71.8 Å². The van der Waals surface area contributed by atoms with Gasteiger partial charge in [0.05, 0.1) is 13.7 Å². The topological polar surface area (TPSA) is 64.4 Å². The number of nitrogens with zero attached hydrogens (tertiary/aromatic N) is 1. The number of hydrogen-bond acceptors (Lipinski definition) is 4. The van der Waals surface area contributed by atoms with E-state index in [4.69, 9.17) is 9.15 Å². The van der Waals surface area contributed by atoms with Crippen LogP contribution in [0.3, 0.4) is 0 Å². The van der Waals surface area contributed by atoms with Crippen LogP contribution in [0.4, 0.5) is 0 Å². The third-order valence-corrected chi connectivity index (χ3v) is 4.12. The Morgan fingerprint density at radius 3 is 2.54 bits per heavy atom. The average Bonchev–Trinajstić information content (AvgIpc) is 3.06. The van der Waals surface area contributed by atoms with Crippen LogP contribution in [0.1, 0.15) is 23.6 Å². The van der Waals surface area contributed by atoms with E-state index >= 15 is 0 Å². The lowest BCUT2D eigenvalue weighted by molar-refractivity contribution is -0.121. The van der Waals surface area contributed by atoms with Gasteiger partial charge in [-0.3, -0.25) is 4.79 Å². The van der Waals surface area contributed by atoms with Crippen LogP contribution in [0, 0.1) is 6.92 Å². The molecule has 1 heterocycles. The predicted molar refractivity (Wildman–Crippen MR) is 99.8 cm³/mol. The first-order chi connectivity index (χ1) is 12.7. The second-order valence-electron chi connectivity index (χ2n) is 6.00. The van der Waals surface area contributed by atoms with Crippen molar-refractivity contribution >= 4 is 5.91 Å². The van der Waals surface area contributed by atoms with Crippen LogP contribution < -0.4 is 10.1 Å². The molecule has 0 aliphatic carbocycles. The molecule has 1 amide bonds. The van der Waals surface area contributed by atoms with Crippen LogP contribution >= 0.6 is 0 Å². The minimum absolute atomic E-state index is 0.0297. The van der Waals surface area contributed by atoms with E-state index in [1.165, 1.54) is 0 Å². The fourth-order valence-electron chi connectivity index (χ4n) is 2.70. The molecule has 0 aliphatic rings. The monoisotopic (exact) mass is 350 g/mol. The first-order valence-electron chi connectivity index (χ1n) is 8.57. The lowest BCUT2D eigenvalue weighted by Crippen LogP contribution is -2.23. The summed E-state index contributed by atoms with van der Waals surface area (Å²) in [4.78, 5) is 16.6. The third kappa shape index (κ3) is 4.51. The van der Waals surface area contributed by atoms with Gasteiger partial charge in [0, 0.05) is 12.0 Å². The molecule has 1 N–H and O–H groups in total. The lowest BCUT2D eigenvalue weighted by atomic mass is 10.1. The molecule has 0 fully saturated rings. The molecule has 3 aromatic rings. The van der Waals surface area contributed by atoms with E-state index in [1.807, 2.05) is 61.5 Å². The molecular weight excluding hydrogens is 328 g/mol. The Morgan fingerprint density at radius 2 is 1.85 bits per heavy atom. The fourth-order valence-corrected chi connectivity index (χ4v) is 2.70. The summed E-state index contributed by atoms with van der Waals surface area (Å²) in [7, 11) is 1.63. The number of carbonyl (C=O) groups excluding carboxylic acids is 1. The highest BCUT2D eigenvalue weighted by atomic mass is 16.5. The molecule has 3 rings (SSSR count). The molecule has 2 aromatic carbocycles. The average molecular weight is 350 g/mol. The van der Waals surface area contributed by atoms with Gasteiger partial charge in [-0.25, -0.2) is 4.98 Å². The normalized spacial score (nSPS) is 10.5. The summed E-state index contributed by atoms with van der Waals surface area (Å²) in [6, 6.07) is 17.6. The van der Waals surface area contributed by atoms with E-state index in [0.717, 1.165) is 28.3 Å². The highest BCUT2D eigenvalue weighted by Crippen LogP contribution is 2.22. The van der Waals surface area contributed by atoms with Gasteiger partial charge in [-0.1, -0.05) is 42.5 Å². The SMILES string of the molecule is COc1ccc(CCC(=O)NCc2nc(-c3ccccc3)c(C)o2)cc1. The van der Waals surface area contributed by atoms with Crippen molar-refractivity contribution in [3.63, 3.8) is 0 Å². The van der Waals surface area contributed by atoms with Gasteiger partial charge in [0.25, 0.3) is 0 Å². The summed E-state index contributed by atoms with van der Waals surface area (Å²) in [6.07, 6.45) is 1.09. The van der Waals surface area contributed by atoms with Crippen LogP contribution in [0.25, 0.3) is 11.3 Å². The summed E-state index contributed by atoms with van der Waals surface area (Å²) in [5, 5.41) is 2.86. The molecule has 0 spiro atoms. The Bertz CT molecular complexity index is 855. The Kier molecular flexibility index (Phi) is 5.69. The molecule has 0 saturated heterocycles. The highest BCUT2D eigenvalue weighted by Gasteiger charge is 2.12. The quantitative estimate of drug-likeness (QED) is 0.702. The van der Waals surface area contributed by atoms with Crippen molar-refractivity contribution in [1.29, 1.82) is 0 Å². The maximum absolute atomic E-state index is 12.1. The van der Waals surface area contributed by atoms with Gasteiger partial charge in [0.15, 0.2) is 0 Å².